The predicted molar refractivity (Wildman–Crippen MR) is 105 cm³/mol. The molecule has 0 bridgehead atoms. The van der Waals surface area contributed by atoms with Gasteiger partial charge < -0.3 is 20.9 Å². The van der Waals surface area contributed by atoms with Crippen LogP contribution in [0.2, 0.25) is 0 Å². The summed E-state index contributed by atoms with van der Waals surface area (Å²) >= 11 is 0. The molecule has 2 aliphatic heterocycles. The monoisotopic (exact) mass is 364 g/mol. The first kappa shape index (κ1) is 17.5. The SMILES string of the molecule is NC(=O)c1ccc(N(CCN2CCCC2)c2cccc3c2C(=O)NC3)cc1. The molecular weight excluding hydrogens is 340 g/mol. The van der Waals surface area contributed by atoms with Gasteiger partial charge in [-0.05, 0) is 61.8 Å². The van der Waals surface area contributed by atoms with Crippen molar-refractivity contribution in [2.45, 2.75) is 19.4 Å². The maximum absolute atomic E-state index is 12.4. The summed E-state index contributed by atoms with van der Waals surface area (Å²) in [6, 6.07) is 13.3. The van der Waals surface area contributed by atoms with Gasteiger partial charge in [-0.25, -0.2) is 0 Å². The maximum Gasteiger partial charge on any atom is 0.254 e. The molecule has 0 radical (unpaired) electrons. The number of fused-ring (bicyclic) bond motifs is 1. The van der Waals surface area contributed by atoms with Gasteiger partial charge in [0.25, 0.3) is 5.91 Å². The summed E-state index contributed by atoms with van der Waals surface area (Å²) in [6.07, 6.45) is 2.49. The van der Waals surface area contributed by atoms with Crippen molar-refractivity contribution in [3.8, 4) is 0 Å². The van der Waals surface area contributed by atoms with E-state index in [1.807, 2.05) is 30.3 Å². The molecule has 0 aliphatic carbocycles. The Kier molecular flexibility index (Phi) is 4.81. The van der Waals surface area contributed by atoms with Crippen molar-refractivity contribution in [1.82, 2.24) is 10.2 Å². The number of nitrogens with two attached hydrogens (primary N) is 1. The second kappa shape index (κ2) is 7.40. The van der Waals surface area contributed by atoms with Crippen LogP contribution in [0.3, 0.4) is 0 Å². The van der Waals surface area contributed by atoms with Crippen molar-refractivity contribution >= 4 is 23.2 Å². The topological polar surface area (TPSA) is 78.7 Å². The summed E-state index contributed by atoms with van der Waals surface area (Å²) in [6.45, 7) is 4.54. The molecule has 0 aromatic heterocycles. The molecule has 6 nitrogen and oxygen atoms in total. The first-order chi connectivity index (χ1) is 13.1. The highest BCUT2D eigenvalue weighted by Gasteiger charge is 2.26. The van der Waals surface area contributed by atoms with Crippen molar-refractivity contribution < 1.29 is 9.59 Å². The Morgan fingerprint density at radius 2 is 1.85 bits per heavy atom. The van der Waals surface area contributed by atoms with Gasteiger partial charge in [0.2, 0.25) is 5.91 Å². The molecule has 2 aliphatic rings. The van der Waals surface area contributed by atoms with E-state index in [9.17, 15) is 9.59 Å². The first-order valence-electron chi connectivity index (χ1n) is 9.43. The van der Waals surface area contributed by atoms with E-state index in [0.29, 0.717) is 12.1 Å². The minimum absolute atomic E-state index is 0.0273. The van der Waals surface area contributed by atoms with Gasteiger partial charge in [0.15, 0.2) is 0 Å². The molecule has 0 saturated carbocycles. The standard InChI is InChI=1S/C21H24N4O2/c22-20(26)15-6-8-17(9-7-15)25(13-12-24-10-1-2-11-24)18-5-3-4-16-14-23-21(27)19(16)18/h3-9H,1-2,10-14H2,(H2,22,26)(H,23,27). The molecule has 1 saturated heterocycles. The molecule has 140 valence electrons. The average Bonchev–Trinajstić information content (AvgIpc) is 3.33. The molecule has 4 rings (SSSR count). The smallest absolute Gasteiger partial charge is 0.254 e. The lowest BCUT2D eigenvalue weighted by Gasteiger charge is -2.29. The van der Waals surface area contributed by atoms with Gasteiger partial charge >= 0.3 is 0 Å². The molecule has 1 fully saturated rings. The van der Waals surface area contributed by atoms with Crippen LogP contribution in [0, 0.1) is 0 Å². The Hall–Kier alpha value is -2.86. The Labute approximate surface area is 158 Å². The number of nitrogens with zero attached hydrogens (tertiary/aromatic N) is 2. The molecule has 0 atom stereocenters. The fraction of sp³-hybridized carbons (Fsp3) is 0.333. The van der Waals surface area contributed by atoms with Gasteiger partial charge in [-0.2, -0.15) is 0 Å². The molecule has 27 heavy (non-hydrogen) atoms. The lowest BCUT2D eigenvalue weighted by Crippen LogP contribution is -2.32. The van der Waals surface area contributed by atoms with Crippen LogP contribution in [0.4, 0.5) is 11.4 Å². The van der Waals surface area contributed by atoms with Crippen LogP contribution in [0.15, 0.2) is 42.5 Å². The van der Waals surface area contributed by atoms with E-state index < -0.39 is 5.91 Å². The van der Waals surface area contributed by atoms with Crippen molar-refractivity contribution in [3.63, 3.8) is 0 Å². The normalized spacial score (nSPS) is 16.2. The summed E-state index contributed by atoms with van der Waals surface area (Å²) in [5.74, 6) is -0.467. The number of rotatable bonds is 6. The number of carbonyl (C=O) groups excluding carboxylic acids is 2. The molecule has 2 aromatic carbocycles. The van der Waals surface area contributed by atoms with Crippen LogP contribution in [0.25, 0.3) is 0 Å². The van der Waals surface area contributed by atoms with E-state index in [1.165, 1.54) is 12.8 Å². The highest BCUT2D eigenvalue weighted by atomic mass is 16.2. The number of carbonyl (C=O) groups is 2. The number of primary amides is 1. The average molecular weight is 364 g/mol. The highest BCUT2D eigenvalue weighted by Crippen LogP contribution is 2.33. The number of hydrogen-bond acceptors (Lipinski definition) is 4. The number of anilines is 2. The Morgan fingerprint density at radius 1 is 1.11 bits per heavy atom. The summed E-state index contributed by atoms with van der Waals surface area (Å²) in [7, 11) is 0. The van der Waals surface area contributed by atoms with E-state index in [-0.39, 0.29) is 5.91 Å². The van der Waals surface area contributed by atoms with Crippen molar-refractivity contribution in [3.05, 3.63) is 59.2 Å². The minimum atomic E-state index is -0.440. The zero-order valence-electron chi connectivity index (χ0n) is 15.3. The van der Waals surface area contributed by atoms with Gasteiger partial charge in [0.05, 0.1) is 11.3 Å². The van der Waals surface area contributed by atoms with Crippen LogP contribution in [-0.2, 0) is 6.54 Å². The van der Waals surface area contributed by atoms with Crippen molar-refractivity contribution in [1.29, 1.82) is 0 Å². The number of hydrogen-bond donors (Lipinski definition) is 2. The molecule has 2 aromatic rings. The second-order valence-electron chi connectivity index (χ2n) is 7.11. The van der Waals surface area contributed by atoms with Crippen LogP contribution in [0.1, 0.15) is 39.1 Å². The molecule has 0 unspecified atom stereocenters. The van der Waals surface area contributed by atoms with Crippen LogP contribution >= 0.6 is 0 Å². The molecule has 3 N–H and O–H groups in total. The van der Waals surface area contributed by atoms with Gasteiger partial charge in [-0.1, -0.05) is 12.1 Å². The van der Waals surface area contributed by atoms with Crippen molar-refractivity contribution in [2.24, 2.45) is 5.73 Å². The second-order valence-corrected chi connectivity index (χ2v) is 7.11. The van der Waals surface area contributed by atoms with Gasteiger partial charge in [0, 0.05) is 30.9 Å². The van der Waals surface area contributed by atoms with Crippen molar-refractivity contribution in [2.75, 3.05) is 31.1 Å². The van der Waals surface area contributed by atoms with Crippen LogP contribution in [0.5, 0.6) is 0 Å². The van der Waals surface area contributed by atoms with E-state index in [2.05, 4.69) is 15.1 Å². The minimum Gasteiger partial charge on any atom is -0.366 e. The van der Waals surface area contributed by atoms with Crippen LogP contribution in [-0.4, -0.2) is 42.9 Å². The maximum atomic E-state index is 12.4. The molecule has 0 spiro atoms. The van der Waals surface area contributed by atoms with E-state index in [4.69, 9.17) is 5.73 Å². The summed E-state index contributed by atoms with van der Waals surface area (Å²) in [5, 5.41) is 2.92. The van der Waals surface area contributed by atoms with Gasteiger partial charge in [0.1, 0.15) is 0 Å². The van der Waals surface area contributed by atoms with Crippen LogP contribution < -0.4 is 16.0 Å². The van der Waals surface area contributed by atoms with E-state index >= 15 is 0 Å². The molecule has 2 amide bonds. The fourth-order valence-electron chi connectivity index (χ4n) is 3.93. The summed E-state index contributed by atoms with van der Waals surface area (Å²) < 4.78 is 0. The fourth-order valence-corrected chi connectivity index (χ4v) is 3.93. The zero-order valence-corrected chi connectivity index (χ0v) is 15.3. The number of amides is 2. The number of nitrogens with one attached hydrogen (secondary N) is 1. The third kappa shape index (κ3) is 3.53. The predicted octanol–water partition coefficient (Wildman–Crippen LogP) is 2.26. The Bertz CT molecular complexity index is 857. The Balaban J connectivity index is 1.69. The largest absolute Gasteiger partial charge is 0.366 e. The Morgan fingerprint density at radius 3 is 2.56 bits per heavy atom. The molecule has 2 heterocycles. The lowest BCUT2D eigenvalue weighted by molar-refractivity contribution is 0.0964. The third-order valence-electron chi connectivity index (χ3n) is 5.39. The number of benzene rings is 2. The van der Waals surface area contributed by atoms with E-state index in [0.717, 1.165) is 48.7 Å². The lowest BCUT2D eigenvalue weighted by atomic mass is 10.1. The van der Waals surface area contributed by atoms with Gasteiger partial charge in [-0.15, -0.1) is 0 Å². The highest BCUT2D eigenvalue weighted by molar-refractivity contribution is 6.04. The van der Waals surface area contributed by atoms with E-state index in [1.54, 1.807) is 12.1 Å². The zero-order chi connectivity index (χ0) is 18.8. The molecule has 6 heteroatoms. The first-order valence-corrected chi connectivity index (χ1v) is 9.43. The van der Waals surface area contributed by atoms with Gasteiger partial charge in [-0.3, -0.25) is 9.59 Å². The molecular formula is C21H24N4O2. The summed E-state index contributed by atoms with van der Waals surface area (Å²) in [4.78, 5) is 28.4. The quantitative estimate of drug-likeness (QED) is 0.824. The summed E-state index contributed by atoms with van der Waals surface area (Å²) in [5.41, 5.74) is 9.49. The third-order valence-corrected chi connectivity index (χ3v) is 5.39. The number of likely N-dealkylation sites (tertiary alicyclic amines) is 1.